The van der Waals surface area contributed by atoms with Gasteiger partial charge in [0.25, 0.3) is 0 Å². The summed E-state index contributed by atoms with van der Waals surface area (Å²) in [5, 5.41) is 3.84. The quantitative estimate of drug-likeness (QED) is 0.911. The summed E-state index contributed by atoms with van der Waals surface area (Å²) in [4.78, 5) is 12.3. The highest BCUT2D eigenvalue weighted by Gasteiger charge is 2.27. The fourth-order valence-corrected chi connectivity index (χ4v) is 3.28. The largest absolute Gasteiger partial charge is 0.348 e. The van der Waals surface area contributed by atoms with E-state index in [-0.39, 0.29) is 11.9 Å². The van der Waals surface area contributed by atoms with Crippen molar-refractivity contribution < 1.29 is 4.79 Å². The zero-order valence-electron chi connectivity index (χ0n) is 12.3. The lowest BCUT2D eigenvalue weighted by atomic mass is 10.0. The van der Waals surface area contributed by atoms with E-state index in [4.69, 9.17) is 17.3 Å². The number of nitrogens with two attached hydrogens (primary N) is 1. The molecule has 2 aromatic rings. The molecule has 2 atom stereocenters. The van der Waals surface area contributed by atoms with Gasteiger partial charge in [-0.05, 0) is 42.0 Å². The minimum atomic E-state index is -0.536. The molecule has 3 rings (SSSR count). The van der Waals surface area contributed by atoms with E-state index in [2.05, 4.69) is 5.32 Å². The molecule has 0 saturated carbocycles. The molecule has 2 aromatic carbocycles. The Kier molecular flexibility index (Phi) is 4.46. The topological polar surface area (TPSA) is 55.1 Å². The van der Waals surface area contributed by atoms with Crippen molar-refractivity contribution in [1.82, 2.24) is 5.32 Å². The normalized spacial score (nSPS) is 17.8. The number of hydrogen-bond donors (Lipinski definition) is 2. The van der Waals surface area contributed by atoms with Crippen LogP contribution in [0.1, 0.15) is 29.2 Å². The second-order valence-electron chi connectivity index (χ2n) is 5.70. The van der Waals surface area contributed by atoms with Gasteiger partial charge in [-0.25, -0.2) is 0 Å². The number of fused-ring (bicyclic) bond motifs is 1. The Morgan fingerprint density at radius 2 is 2.00 bits per heavy atom. The predicted octanol–water partition coefficient (Wildman–Crippen LogP) is 3.01. The molecule has 0 saturated heterocycles. The molecular weight excluding hydrogens is 296 g/mol. The van der Waals surface area contributed by atoms with Crippen molar-refractivity contribution in [1.29, 1.82) is 0 Å². The fraction of sp³-hybridized carbons (Fsp3) is 0.278. The number of amides is 1. The maximum atomic E-state index is 12.3. The highest BCUT2D eigenvalue weighted by molar-refractivity contribution is 6.31. The van der Waals surface area contributed by atoms with Crippen molar-refractivity contribution in [3.8, 4) is 0 Å². The lowest BCUT2D eigenvalue weighted by Gasteiger charge is -2.18. The third-order valence-corrected chi connectivity index (χ3v) is 4.52. The smallest absolute Gasteiger partial charge is 0.237 e. The number of carbonyl (C=O) groups excluding carboxylic acids is 1. The van der Waals surface area contributed by atoms with Crippen LogP contribution in [0.4, 0.5) is 0 Å². The standard InChI is InChI=1S/C18H19ClN2O/c19-15-8-4-7-14-13(15)9-10-17(14)21-18(22)16(20)11-12-5-2-1-3-6-12/h1-8,16-17H,9-11,20H2,(H,21,22)/t16-,17?/m0/s1. The van der Waals surface area contributed by atoms with Crippen LogP contribution in [0.5, 0.6) is 0 Å². The van der Waals surface area contributed by atoms with Gasteiger partial charge >= 0.3 is 0 Å². The van der Waals surface area contributed by atoms with Crippen LogP contribution in [0.25, 0.3) is 0 Å². The number of rotatable bonds is 4. The third kappa shape index (κ3) is 3.16. The summed E-state index contributed by atoms with van der Waals surface area (Å²) in [6.45, 7) is 0. The molecule has 114 valence electrons. The molecule has 0 bridgehead atoms. The van der Waals surface area contributed by atoms with Gasteiger partial charge in [0.05, 0.1) is 12.1 Å². The molecule has 1 aliphatic rings. The third-order valence-electron chi connectivity index (χ3n) is 4.17. The minimum Gasteiger partial charge on any atom is -0.348 e. The molecule has 0 aliphatic heterocycles. The predicted molar refractivity (Wildman–Crippen MR) is 88.8 cm³/mol. The van der Waals surface area contributed by atoms with E-state index in [1.165, 1.54) is 0 Å². The molecule has 1 aliphatic carbocycles. The average molecular weight is 315 g/mol. The number of nitrogens with one attached hydrogen (secondary N) is 1. The molecule has 0 spiro atoms. The summed E-state index contributed by atoms with van der Waals surface area (Å²) >= 11 is 6.20. The lowest BCUT2D eigenvalue weighted by Crippen LogP contribution is -2.43. The molecule has 0 heterocycles. The van der Waals surface area contributed by atoms with Crippen LogP contribution in [0.15, 0.2) is 48.5 Å². The Hall–Kier alpha value is -1.84. The number of hydrogen-bond acceptors (Lipinski definition) is 2. The van der Waals surface area contributed by atoms with Crippen LogP contribution >= 0.6 is 11.6 Å². The molecule has 1 amide bonds. The van der Waals surface area contributed by atoms with Gasteiger partial charge in [-0.2, -0.15) is 0 Å². The van der Waals surface area contributed by atoms with Crippen LogP contribution in [0, 0.1) is 0 Å². The molecule has 3 nitrogen and oxygen atoms in total. The van der Waals surface area contributed by atoms with E-state index in [9.17, 15) is 4.79 Å². The van der Waals surface area contributed by atoms with E-state index in [1.807, 2.05) is 48.5 Å². The highest BCUT2D eigenvalue weighted by atomic mass is 35.5. The first-order valence-electron chi connectivity index (χ1n) is 7.52. The van der Waals surface area contributed by atoms with Gasteiger partial charge in [-0.3, -0.25) is 4.79 Å². The summed E-state index contributed by atoms with van der Waals surface area (Å²) < 4.78 is 0. The molecule has 0 fully saturated rings. The van der Waals surface area contributed by atoms with E-state index in [1.54, 1.807) is 0 Å². The first-order valence-corrected chi connectivity index (χ1v) is 7.90. The van der Waals surface area contributed by atoms with E-state index in [0.717, 1.165) is 34.6 Å². The second kappa shape index (κ2) is 6.51. The summed E-state index contributed by atoms with van der Waals surface area (Å²) in [6, 6.07) is 15.2. The SMILES string of the molecule is N[C@@H](Cc1ccccc1)C(=O)NC1CCc2c(Cl)cccc21. The van der Waals surface area contributed by atoms with Gasteiger partial charge < -0.3 is 11.1 Å². The maximum absolute atomic E-state index is 12.3. The van der Waals surface area contributed by atoms with Gasteiger partial charge in [0.2, 0.25) is 5.91 Å². The molecular formula is C18H19ClN2O. The summed E-state index contributed by atoms with van der Waals surface area (Å²) in [7, 11) is 0. The molecule has 1 unspecified atom stereocenters. The fourth-order valence-electron chi connectivity index (χ4n) is 3.00. The minimum absolute atomic E-state index is 0.0167. The van der Waals surface area contributed by atoms with E-state index >= 15 is 0 Å². The Morgan fingerprint density at radius 1 is 1.23 bits per heavy atom. The van der Waals surface area contributed by atoms with Gasteiger partial charge in [0, 0.05) is 5.02 Å². The van der Waals surface area contributed by atoms with Crippen molar-refractivity contribution in [2.45, 2.75) is 31.3 Å². The lowest BCUT2D eigenvalue weighted by molar-refractivity contribution is -0.123. The van der Waals surface area contributed by atoms with Gasteiger partial charge in [0.1, 0.15) is 0 Å². The summed E-state index contributed by atoms with van der Waals surface area (Å²) in [6.07, 6.45) is 2.32. The van der Waals surface area contributed by atoms with E-state index < -0.39 is 6.04 Å². The highest BCUT2D eigenvalue weighted by Crippen LogP contribution is 2.35. The van der Waals surface area contributed by atoms with Crippen molar-refractivity contribution in [3.63, 3.8) is 0 Å². The van der Waals surface area contributed by atoms with Gasteiger partial charge in [-0.15, -0.1) is 0 Å². The second-order valence-corrected chi connectivity index (χ2v) is 6.11. The van der Waals surface area contributed by atoms with Crippen LogP contribution < -0.4 is 11.1 Å². The number of carbonyl (C=O) groups is 1. The van der Waals surface area contributed by atoms with Crippen LogP contribution in [-0.4, -0.2) is 11.9 Å². The summed E-state index contributed by atoms with van der Waals surface area (Å²) in [5.41, 5.74) is 9.37. The van der Waals surface area contributed by atoms with Crippen LogP contribution in [0.2, 0.25) is 5.02 Å². The van der Waals surface area contributed by atoms with Crippen LogP contribution in [-0.2, 0) is 17.6 Å². The summed E-state index contributed by atoms with van der Waals surface area (Å²) in [5.74, 6) is -0.110. The Labute approximate surface area is 135 Å². The average Bonchev–Trinajstić information content (AvgIpc) is 2.93. The Balaban J connectivity index is 1.65. The molecule has 22 heavy (non-hydrogen) atoms. The molecule has 3 N–H and O–H groups in total. The first-order chi connectivity index (χ1) is 10.6. The van der Waals surface area contributed by atoms with Gasteiger partial charge in [0.15, 0.2) is 0 Å². The van der Waals surface area contributed by atoms with Crippen molar-refractivity contribution in [3.05, 3.63) is 70.2 Å². The monoisotopic (exact) mass is 314 g/mol. The van der Waals surface area contributed by atoms with Crippen molar-refractivity contribution in [2.24, 2.45) is 5.73 Å². The Morgan fingerprint density at radius 3 is 2.77 bits per heavy atom. The maximum Gasteiger partial charge on any atom is 0.237 e. The molecule has 0 radical (unpaired) electrons. The Bertz CT molecular complexity index is 672. The molecule has 0 aromatic heterocycles. The van der Waals surface area contributed by atoms with Crippen molar-refractivity contribution in [2.75, 3.05) is 0 Å². The zero-order chi connectivity index (χ0) is 15.5. The van der Waals surface area contributed by atoms with E-state index in [0.29, 0.717) is 6.42 Å². The first kappa shape index (κ1) is 15.1. The molecule has 4 heteroatoms. The number of benzene rings is 2. The van der Waals surface area contributed by atoms with Crippen molar-refractivity contribution >= 4 is 17.5 Å². The van der Waals surface area contributed by atoms with Gasteiger partial charge in [-0.1, -0.05) is 54.1 Å². The van der Waals surface area contributed by atoms with Crippen LogP contribution in [0.3, 0.4) is 0 Å². The number of halogens is 1. The zero-order valence-corrected chi connectivity index (χ0v) is 13.0.